The number of benzene rings is 2. The van der Waals surface area contributed by atoms with E-state index < -0.39 is 0 Å². The van der Waals surface area contributed by atoms with E-state index in [2.05, 4.69) is 10.3 Å². The van der Waals surface area contributed by atoms with Crippen molar-refractivity contribution in [3.05, 3.63) is 70.6 Å². The first-order valence-electron chi connectivity index (χ1n) is 7.61. The molecule has 4 aromatic rings. The summed E-state index contributed by atoms with van der Waals surface area (Å²) in [5.74, 6) is 0.816. The second kappa shape index (κ2) is 6.30. The van der Waals surface area contributed by atoms with Gasteiger partial charge in [-0.05, 0) is 36.2 Å². The Labute approximate surface area is 149 Å². The van der Waals surface area contributed by atoms with Gasteiger partial charge in [0.25, 0.3) is 0 Å². The summed E-state index contributed by atoms with van der Waals surface area (Å²) in [6.45, 7) is 0.716. The van der Waals surface area contributed by atoms with Crippen LogP contribution in [0.5, 0.6) is 0 Å². The molecular weight excluding hydrogens is 343 g/mol. The first-order chi connectivity index (χ1) is 11.7. The third-order valence-corrected chi connectivity index (χ3v) is 4.54. The molecule has 0 radical (unpaired) electrons. The topological polar surface area (TPSA) is 42.2 Å². The van der Waals surface area contributed by atoms with Crippen LogP contribution in [0.3, 0.4) is 0 Å². The van der Waals surface area contributed by atoms with Gasteiger partial charge in [-0.3, -0.25) is 4.40 Å². The van der Waals surface area contributed by atoms with Gasteiger partial charge in [-0.15, -0.1) is 0 Å². The van der Waals surface area contributed by atoms with Crippen LogP contribution >= 0.6 is 23.2 Å². The van der Waals surface area contributed by atoms with Crippen molar-refractivity contribution in [2.75, 3.05) is 11.9 Å². The van der Waals surface area contributed by atoms with E-state index in [1.807, 2.05) is 47.0 Å². The molecule has 0 saturated heterocycles. The van der Waals surface area contributed by atoms with Gasteiger partial charge < -0.3 is 5.32 Å². The quantitative estimate of drug-likeness (QED) is 0.568. The fourth-order valence-corrected chi connectivity index (χ4v) is 3.28. The Morgan fingerprint density at radius 1 is 1.04 bits per heavy atom. The first kappa shape index (κ1) is 15.2. The van der Waals surface area contributed by atoms with Crippen LogP contribution in [0.1, 0.15) is 5.56 Å². The lowest BCUT2D eigenvalue weighted by Crippen LogP contribution is -2.08. The summed E-state index contributed by atoms with van der Waals surface area (Å²) in [4.78, 5) is 8.97. The molecule has 0 amide bonds. The van der Waals surface area contributed by atoms with Crippen molar-refractivity contribution in [3.8, 4) is 0 Å². The molecular formula is C18H14Cl2N4. The lowest BCUT2D eigenvalue weighted by Gasteiger charge is -2.10. The minimum absolute atomic E-state index is 0.647. The summed E-state index contributed by atoms with van der Waals surface area (Å²) >= 11 is 12.2. The molecule has 120 valence electrons. The number of halogens is 2. The number of para-hydroxylation sites is 2. The molecule has 0 spiro atoms. The molecule has 6 heteroatoms. The Kier molecular flexibility index (Phi) is 4.00. The van der Waals surface area contributed by atoms with Crippen molar-refractivity contribution in [2.45, 2.75) is 6.42 Å². The van der Waals surface area contributed by atoms with Gasteiger partial charge in [0.15, 0.2) is 5.82 Å². The van der Waals surface area contributed by atoms with Gasteiger partial charge in [0.2, 0.25) is 0 Å². The largest absolute Gasteiger partial charge is 0.368 e. The van der Waals surface area contributed by atoms with Crippen molar-refractivity contribution in [1.29, 1.82) is 0 Å². The average molecular weight is 357 g/mol. The summed E-state index contributed by atoms with van der Waals surface area (Å²) in [6, 6.07) is 13.6. The monoisotopic (exact) mass is 356 g/mol. The Bertz CT molecular complexity index is 1030. The molecule has 2 aromatic heterocycles. The van der Waals surface area contributed by atoms with E-state index in [-0.39, 0.29) is 0 Å². The van der Waals surface area contributed by atoms with Crippen molar-refractivity contribution >= 4 is 45.6 Å². The molecule has 0 aliphatic rings. The first-order valence-corrected chi connectivity index (χ1v) is 8.36. The number of nitrogens with zero attached hydrogens (tertiary/aromatic N) is 3. The third kappa shape index (κ3) is 2.79. The Morgan fingerprint density at radius 3 is 2.79 bits per heavy atom. The predicted octanol–water partition coefficient (Wildman–Crippen LogP) is 4.84. The van der Waals surface area contributed by atoms with Gasteiger partial charge in [-0.1, -0.05) is 41.4 Å². The maximum atomic E-state index is 6.23. The maximum absolute atomic E-state index is 6.23. The number of hydrogen-bond donors (Lipinski definition) is 1. The van der Waals surface area contributed by atoms with E-state index >= 15 is 0 Å². The lowest BCUT2D eigenvalue weighted by molar-refractivity contribution is 1.01. The van der Waals surface area contributed by atoms with E-state index in [0.717, 1.165) is 34.4 Å². The Hall–Kier alpha value is -2.30. The summed E-state index contributed by atoms with van der Waals surface area (Å²) < 4.78 is 2.04. The molecule has 1 N–H and O–H groups in total. The fraction of sp³-hybridized carbons (Fsp3) is 0.111. The van der Waals surface area contributed by atoms with Crippen molar-refractivity contribution in [3.63, 3.8) is 0 Å². The zero-order chi connectivity index (χ0) is 16.5. The number of aromatic nitrogens is 3. The molecule has 4 nitrogen and oxygen atoms in total. The number of fused-ring (bicyclic) bond motifs is 3. The van der Waals surface area contributed by atoms with E-state index in [1.54, 1.807) is 12.4 Å². The van der Waals surface area contributed by atoms with Crippen LogP contribution in [0, 0.1) is 0 Å². The normalized spacial score (nSPS) is 11.2. The molecule has 24 heavy (non-hydrogen) atoms. The maximum Gasteiger partial charge on any atom is 0.152 e. The molecule has 0 unspecified atom stereocenters. The number of hydrogen-bond acceptors (Lipinski definition) is 3. The Morgan fingerprint density at radius 2 is 1.92 bits per heavy atom. The predicted molar refractivity (Wildman–Crippen MR) is 99.1 cm³/mol. The summed E-state index contributed by atoms with van der Waals surface area (Å²) in [7, 11) is 0. The highest BCUT2D eigenvalue weighted by atomic mass is 35.5. The molecule has 0 atom stereocenters. The van der Waals surface area contributed by atoms with Crippen molar-refractivity contribution in [2.24, 2.45) is 0 Å². The fourth-order valence-electron chi connectivity index (χ4n) is 2.77. The van der Waals surface area contributed by atoms with Gasteiger partial charge in [0, 0.05) is 16.6 Å². The molecule has 0 aliphatic heterocycles. The van der Waals surface area contributed by atoms with Crippen molar-refractivity contribution < 1.29 is 0 Å². The second-order valence-corrected chi connectivity index (χ2v) is 6.35. The van der Waals surface area contributed by atoms with Crippen molar-refractivity contribution in [1.82, 2.24) is 14.4 Å². The van der Waals surface area contributed by atoms with Gasteiger partial charge in [-0.25, -0.2) is 9.97 Å². The molecule has 4 rings (SSSR count). The smallest absolute Gasteiger partial charge is 0.152 e. The van der Waals surface area contributed by atoms with Crippen LogP contribution in [0.2, 0.25) is 10.0 Å². The van der Waals surface area contributed by atoms with Crippen LogP contribution in [0.15, 0.2) is 55.0 Å². The summed E-state index contributed by atoms with van der Waals surface area (Å²) in [5, 5.41) is 4.73. The van der Waals surface area contributed by atoms with Gasteiger partial charge in [-0.2, -0.15) is 0 Å². The van der Waals surface area contributed by atoms with Crippen LogP contribution in [-0.2, 0) is 6.42 Å². The molecule has 0 aliphatic carbocycles. The number of anilines is 1. The SMILES string of the molecule is Clc1ccc(CCNc2nc3ccccc3n3cncc23)c(Cl)c1. The zero-order valence-electron chi connectivity index (χ0n) is 12.7. The number of rotatable bonds is 4. The Balaban J connectivity index is 1.60. The minimum atomic E-state index is 0.647. The van der Waals surface area contributed by atoms with E-state index in [9.17, 15) is 0 Å². The van der Waals surface area contributed by atoms with E-state index in [1.165, 1.54) is 0 Å². The number of nitrogens with one attached hydrogen (secondary N) is 1. The minimum Gasteiger partial charge on any atom is -0.368 e. The van der Waals surface area contributed by atoms with E-state index in [4.69, 9.17) is 28.2 Å². The highest BCUT2D eigenvalue weighted by molar-refractivity contribution is 6.35. The molecule has 0 fully saturated rings. The highest BCUT2D eigenvalue weighted by Gasteiger charge is 2.08. The van der Waals surface area contributed by atoms with Crippen LogP contribution < -0.4 is 5.32 Å². The third-order valence-electron chi connectivity index (χ3n) is 3.96. The number of imidazole rings is 1. The standard InChI is InChI=1S/C18H14Cl2N4/c19-13-6-5-12(14(20)9-13)7-8-22-18-17-10-21-11-24(17)16-4-2-1-3-15(16)23-18/h1-6,9-11H,7-8H2,(H,22,23). The summed E-state index contributed by atoms with van der Waals surface area (Å²) in [6.07, 6.45) is 4.41. The van der Waals surface area contributed by atoms with Crippen LogP contribution in [0.4, 0.5) is 5.82 Å². The van der Waals surface area contributed by atoms with Gasteiger partial charge in [0.05, 0.1) is 23.6 Å². The van der Waals surface area contributed by atoms with Crippen LogP contribution in [-0.4, -0.2) is 20.9 Å². The molecule has 0 bridgehead atoms. The van der Waals surface area contributed by atoms with Crippen LogP contribution in [0.25, 0.3) is 16.6 Å². The average Bonchev–Trinajstić information content (AvgIpc) is 3.07. The van der Waals surface area contributed by atoms with E-state index in [0.29, 0.717) is 16.6 Å². The van der Waals surface area contributed by atoms with Gasteiger partial charge >= 0.3 is 0 Å². The summed E-state index contributed by atoms with van der Waals surface area (Å²) in [5.41, 5.74) is 3.97. The molecule has 2 heterocycles. The zero-order valence-corrected chi connectivity index (χ0v) is 14.2. The van der Waals surface area contributed by atoms with Gasteiger partial charge in [0.1, 0.15) is 5.52 Å². The second-order valence-electron chi connectivity index (χ2n) is 5.51. The highest BCUT2D eigenvalue weighted by Crippen LogP contribution is 2.23. The molecule has 2 aromatic carbocycles. The lowest BCUT2D eigenvalue weighted by atomic mass is 10.1. The molecule has 0 saturated carbocycles.